The number of benzene rings is 2. The molecule has 136 valence electrons. The van der Waals surface area contributed by atoms with Crippen LogP contribution in [0.4, 0.5) is 5.69 Å². The molecule has 2 aromatic carbocycles. The van der Waals surface area contributed by atoms with E-state index in [-0.39, 0.29) is 23.8 Å². The van der Waals surface area contributed by atoms with E-state index in [1.54, 1.807) is 12.1 Å². The van der Waals surface area contributed by atoms with Gasteiger partial charge in [0.05, 0.1) is 5.92 Å². The fraction of sp³-hybridized carbons (Fsp3) is 0.263. The third-order valence-electron chi connectivity index (χ3n) is 4.30. The first kappa shape index (κ1) is 18.2. The zero-order chi connectivity index (χ0) is 18.5. The summed E-state index contributed by atoms with van der Waals surface area (Å²) in [7, 11) is 0. The Kier molecular flexibility index (Phi) is 5.75. The van der Waals surface area contributed by atoms with Gasteiger partial charge in [0.2, 0.25) is 5.91 Å². The fourth-order valence-electron chi connectivity index (χ4n) is 2.97. The molecule has 1 heterocycles. The van der Waals surface area contributed by atoms with E-state index in [4.69, 9.17) is 17.3 Å². The van der Waals surface area contributed by atoms with E-state index in [1.807, 2.05) is 49.4 Å². The van der Waals surface area contributed by atoms with E-state index in [1.165, 1.54) is 0 Å². The Bertz CT molecular complexity index is 796. The lowest BCUT2D eigenvalue weighted by atomic mass is 9.91. The minimum Gasteiger partial charge on any atom is -0.370 e. The van der Waals surface area contributed by atoms with E-state index in [0.717, 1.165) is 11.3 Å². The minimum absolute atomic E-state index is 0.0309. The van der Waals surface area contributed by atoms with Gasteiger partial charge in [0.15, 0.2) is 12.2 Å². The van der Waals surface area contributed by atoms with Crippen LogP contribution >= 0.6 is 11.6 Å². The number of nitrogens with two attached hydrogens (primary N) is 1. The average Bonchev–Trinajstić information content (AvgIpc) is 2.59. The molecule has 0 radical (unpaired) electrons. The van der Waals surface area contributed by atoms with E-state index < -0.39 is 6.29 Å². The van der Waals surface area contributed by atoms with Crippen LogP contribution in [0.3, 0.4) is 0 Å². The summed E-state index contributed by atoms with van der Waals surface area (Å²) in [6.07, 6.45) is 0.101. The van der Waals surface area contributed by atoms with Crippen molar-refractivity contribution in [2.75, 3.05) is 5.32 Å². The molecule has 3 unspecified atom stereocenters. The lowest BCUT2D eigenvalue weighted by Gasteiger charge is -2.34. The number of anilines is 1. The molecular formula is C19H22ClN5O. The third-order valence-corrected chi connectivity index (χ3v) is 4.54. The number of amides is 1. The molecule has 7 heteroatoms. The summed E-state index contributed by atoms with van der Waals surface area (Å²) in [6.45, 7) is 1.98. The van der Waals surface area contributed by atoms with E-state index >= 15 is 0 Å². The topological polar surface area (TPSA) is 91.5 Å². The number of halogens is 1. The molecule has 3 rings (SSSR count). The molecule has 1 saturated heterocycles. The predicted octanol–water partition coefficient (Wildman–Crippen LogP) is 2.32. The van der Waals surface area contributed by atoms with Gasteiger partial charge in [0.1, 0.15) is 0 Å². The molecule has 26 heavy (non-hydrogen) atoms. The van der Waals surface area contributed by atoms with Gasteiger partial charge in [0, 0.05) is 16.8 Å². The molecule has 1 aliphatic rings. The highest BCUT2D eigenvalue weighted by atomic mass is 35.5. The first-order chi connectivity index (χ1) is 12.5. The van der Waals surface area contributed by atoms with Crippen LogP contribution in [-0.2, 0) is 11.2 Å². The van der Waals surface area contributed by atoms with E-state index in [2.05, 4.69) is 20.9 Å². The smallest absolute Gasteiger partial charge is 0.227 e. The lowest BCUT2D eigenvalue weighted by Crippen LogP contribution is -2.60. The number of carbonyl (C=O) groups excluding carboxylic acids is 1. The lowest BCUT2D eigenvalue weighted by molar-refractivity contribution is -0.129. The first-order valence-corrected chi connectivity index (χ1v) is 8.85. The van der Waals surface area contributed by atoms with Crippen LogP contribution in [0.15, 0.2) is 59.6 Å². The van der Waals surface area contributed by atoms with Crippen molar-refractivity contribution in [1.29, 1.82) is 0 Å². The molecule has 0 aliphatic carbocycles. The molecular weight excluding hydrogens is 350 g/mol. The van der Waals surface area contributed by atoms with Crippen molar-refractivity contribution < 1.29 is 4.79 Å². The molecule has 6 nitrogen and oxygen atoms in total. The predicted molar refractivity (Wildman–Crippen MR) is 105 cm³/mol. The molecule has 1 amide bonds. The van der Waals surface area contributed by atoms with Crippen LogP contribution in [0.25, 0.3) is 0 Å². The number of nitrogens with zero attached hydrogens (tertiary/aromatic N) is 1. The van der Waals surface area contributed by atoms with Gasteiger partial charge in [0.25, 0.3) is 0 Å². The molecule has 0 aromatic heterocycles. The van der Waals surface area contributed by atoms with Crippen molar-refractivity contribution in [1.82, 2.24) is 10.6 Å². The van der Waals surface area contributed by atoms with Crippen LogP contribution in [0, 0.1) is 5.92 Å². The zero-order valence-corrected chi connectivity index (χ0v) is 15.2. The van der Waals surface area contributed by atoms with Crippen LogP contribution in [0.1, 0.15) is 12.5 Å². The Labute approximate surface area is 157 Å². The maximum absolute atomic E-state index is 12.5. The van der Waals surface area contributed by atoms with Crippen molar-refractivity contribution in [3.63, 3.8) is 0 Å². The standard InChI is InChI=1S/C19H22ClN5O/c1-12-16(10-13-6-3-2-4-7-13)17(26)24-19(22-12)25-18(21)23-15-9-5-8-14(20)11-15/h2-9,11-12,16,19,22H,10H2,1H3,(H,24,26)(H3,21,23,25). The number of hydrogen-bond acceptors (Lipinski definition) is 3. The quantitative estimate of drug-likeness (QED) is 0.490. The van der Waals surface area contributed by atoms with Gasteiger partial charge >= 0.3 is 0 Å². The van der Waals surface area contributed by atoms with Gasteiger partial charge in [-0.3, -0.25) is 10.1 Å². The van der Waals surface area contributed by atoms with Crippen molar-refractivity contribution in [3.05, 3.63) is 65.2 Å². The highest BCUT2D eigenvalue weighted by Crippen LogP contribution is 2.17. The number of guanidine groups is 1. The Morgan fingerprint density at radius 2 is 2.00 bits per heavy atom. The molecule has 0 spiro atoms. The summed E-state index contributed by atoms with van der Waals surface area (Å²) >= 11 is 5.95. The van der Waals surface area contributed by atoms with Crippen molar-refractivity contribution in [2.45, 2.75) is 25.7 Å². The van der Waals surface area contributed by atoms with Gasteiger partial charge in [-0.05, 0) is 37.1 Å². The highest BCUT2D eigenvalue weighted by Gasteiger charge is 2.33. The Morgan fingerprint density at radius 3 is 2.69 bits per heavy atom. The van der Waals surface area contributed by atoms with Gasteiger partial charge in [-0.1, -0.05) is 48.0 Å². The number of hydrogen-bond donors (Lipinski definition) is 4. The highest BCUT2D eigenvalue weighted by molar-refractivity contribution is 6.30. The van der Waals surface area contributed by atoms with E-state index in [0.29, 0.717) is 11.4 Å². The van der Waals surface area contributed by atoms with Crippen molar-refractivity contribution in [2.24, 2.45) is 16.6 Å². The van der Waals surface area contributed by atoms with E-state index in [9.17, 15) is 4.79 Å². The second-order valence-electron chi connectivity index (χ2n) is 6.31. The monoisotopic (exact) mass is 371 g/mol. The van der Waals surface area contributed by atoms with Gasteiger partial charge < -0.3 is 16.4 Å². The summed E-state index contributed by atoms with van der Waals surface area (Å²) < 4.78 is 0. The minimum atomic E-state index is -0.573. The summed E-state index contributed by atoms with van der Waals surface area (Å²) in [4.78, 5) is 16.8. The molecule has 1 fully saturated rings. The fourth-order valence-corrected chi connectivity index (χ4v) is 3.16. The Hall–Kier alpha value is -2.57. The molecule has 3 atom stereocenters. The summed E-state index contributed by atoms with van der Waals surface area (Å²) in [5, 5.41) is 9.71. The number of rotatable bonds is 4. The maximum Gasteiger partial charge on any atom is 0.227 e. The van der Waals surface area contributed by atoms with Gasteiger partial charge in [-0.25, -0.2) is 4.99 Å². The normalized spacial score (nSPS) is 23.4. The van der Waals surface area contributed by atoms with Crippen molar-refractivity contribution in [3.8, 4) is 0 Å². The molecule has 2 aromatic rings. The van der Waals surface area contributed by atoms with Gasteiger partial charge in [-0.2, -0.15) is 0 Å². The molecule has 0 bridgehead atoms. The summed E-state index contributed by atoms with van der Waals surface area (Å²) in [5.41, 5.74) is 7.80. The van der Waals surface area contributed by atoms with Gasteiger partial charge in [-0.15, -0.1) is 0 Å². The SMILES string of the molecule is CC1NC(/N=C(\N)Nc2cccc(Cl)c2)NC(=O)C1Cc1ccccc1. The second kappa shape index (κ2) is 8.21. The van der Waals surface area contributed by atoms with Crippen LogP contribution < -0.4 is 21.7 Å². The average molecular weight is 372 g/mol. The maximum atomic E-state index is 12.5. The third kappa shape index (κ3) is 4.74. The van der Waals surface area contributed by atoms with Crippen LogP contribution in [0.2, 0.25) is 5.02 Å². The summed E-state index contributed by atoms with van der Waals surface area (Å²) in [6, 6.07) is 17.1. The first-order valence-electron chi connectivity index (χ1n) is 8.47. The Balaban J connectivity index is 1.62. The van der Waals surface area contributed by atoms with Crippen molar-refractivity contribution >= 4 is 29.2 Å². The largest absolute Gasteiger partial charge is 0.370 e. The molecule has 0 saturated carbocycles. The second-order valence-corrected chi connectivity index (χ2v) is 6.75. The summed E-state index contributed by atoms with van der Waals surface area (Å²) in [5.74, 6) is -0.00542. The Morgan fingerprint density at radius 1 is 1.23 bits per heavy atom. The number of aliphatic imine (C=N–C) groups is 1. The molecule has 1 aliphatic heterocycles. The van der Waals surface area contributed by atoms with Crippen LogP contribution in [0.5, 0.6) is 0 Å². The zero-order valence-electron chi connectivity index (χ0n) is 14.4. The number of carbonyl (C=O) groups is 1. The van der Waals surface area contributed by atoms with Crippen LogP contribution in [-0.4, -0.2) is 24.2 Å². The number of nitrogens with one attached hydrogen (secondary N) is 3. The molecule has 5 N–H and O–H groups in total.